The van der Waals surface area contributed by atoms with Crippen molar-refractivity contribution in [1.29, 1.82) is 0 Å². The van der Waals surface area contributed by atoms with Gasteiger partial charge in [0.15, 0.2) is 0 Å². The second kappa shape index (κ2) is 4.47. The second-order valence-corrected chi connectivity index (χ2v) is 3.31. The monoisotopic (exact) mass is 164 g/mol. The van der Waals surface area contributed by atoms with E-state index in [1.807, 2.05) is 24.3 Å². The molecular formula is C8H9BOS. The van der Waals surface area contributed by atoms with Gasteiger partial charge < -0.3 is 5.11 Å². The summed E-state index contributed by atoms with van der Waals surface area (Å²) in [5.74, 6) is 0.740. The number of thioether (sulfide) groups is 1. The van der Waals surface area contributed by atoms with Gasteiger partial charge in [0.1, 0.15) is 7.85 Å². The minimum absolute atomic E-state index is 0.217. The Balaban J connectivity index is 2.52. The molecule has 1 aromatic carbocycles. The Hall–Kier alpha value is -0.405. The zero-order chi connectivity index (χ0) is 8.10. The van der Waals surface area contributed by atoms with Gasteiger partial charge in [-0.2, -0.15) is 0 Å². The first kappa shape index (κ1) is 8.69. The van der Waals surface area contributed by atoms with E-state index in [1.165, 1.54) is 0 Å². The molecule has 0 aromatic heterocycles. The molecule has 0 saturated carbocycles. The molecule has 11 heavy (non-hydrogen) atoms. The van der Waals surface area contributed by atoms with Crippen molar-refractivity contribution in [2.24, 2.45) is 0 Å². The summed E-state index contributed by atoms with van der Waals surface area (Å²) in [7, 11) is 5.50. The van der Waals surface area contributed by atoms with Crippen molar-refractivity contribution >= 4 is 25.1 Å². The van der Waals surface area contributed by atoms with E-state index in [-0.39, 0.29) is 6.61 Å². The zero-order valence-corrected chi connectivity index (χ0v) is 6.97. The van der Waals surface area contributed by atoms with Crippen molar-refractivity contribution in [2.45, 2.75) is 4.90 Å². The molecule has 1 N–H and O–H groups in total. The second-order valence-electron chi connectivity index (χ2n) is 2.14. The minimum Gasteiger partial charge on any atom is -0.396 e. The van der Waals surface area contributed by atoms with Crippen molar-refractivity contribution in [3.63, 3.8) is 0 Å². The van der Waals surface area contributed by atoms with E-state index in [0.29, 0.717) is 0 Å². The van der Waals surface area contributed by atoms with Gasteiger partial charge in [0.2, 0.25) is 0 Å². The van der Waals surface area contributed by atoms with Crippen LogP contribution in [0.15, 0.2) is 29.2 Å². The van der Waals surface area contributed by atoms with Crippen LogP contribution < -0.4 is 5.46 Å². The van der Waals surface area contributed by atoms with Gasteiger partial charge in [-0.1, -0.05) is 17.6 Å². The van der Waals surface area contributed by atoms with Crippen molar-refractivity contribution in [3.05, 3.63) is 24.3 Å². The van der Waals surface area contributed by atoms with Crippen LogP contribution in [0.3, 0.4) is 0 Å². The Kier molecular flexibility index (Phi) is 3.53. The maximum atomic E-state index is 8.54. The molecule has 1 rings (SSSR count). The summed E-state index contributed by atoms with van der Waals surface area (Å²) >= 11 is 1.62. The molecule has 0 unspecified atom stereocenters. The number of aliphatic hydroxyl groups is 1. The Morgan fingerprint density at radius 3 is 2.45 bits per heavy atom. The number of benzene rings is 1. The molecule has 0 atom stereocenters. The SMILES string of the molecule is [B]c1ccc(SCCO)cc1. The van der Waals surface area contributed by atoms with E-state index in [9.17, 15) is 0 Å². The predicted octanol–water partition coefficient (Wildman–Crippen LogP) is 0.565. The molecule has 0 spiro atoms. The molecule has 56 valence electrons. The van der Waals surface area contributed by atoms with Crippen molar-refractivity contribution in [3.8, 4) is 0 Å². The predicted molar refractivity (Wildman–Crippen MR) is 49.6 cm³/mol. The van der Waals surface area contributed by atoms with E-state index >= 15 is 0 Å². The highest BCUT2D eigenvalue weighted by Crippen LogP contribution is 2.14. The fraction of sp³-hybridized carbons (Fsp3) is 0.250. The number of aliphatic hydroxyl groups excluding tert-OH is 1. The molecular weight excluding hydrogens is 155 g/mol. The van der Waals surface area contributed by atoms with Crippen LogP contribution in [-0.2, 0) is 0 Å². The number of hydrogen-bond donors (Lipinski definition) is 1. The van der Waals surface area contributed by atoms with Crippen LogP contribution in [0.4, 0.5) is 0 Å². The van der Waals surface area contributed by atoms with Gasteiger partial charge in [0, 0.05) is 10.6 Å². The molecule has 2 radical (unpaired) electrons. The number of rotatable bonds is 3. The Morgan fingerprint density at radius 1 is 1.27 bits per heavy atom. The van der Waals surface area contributed by atoms with Gasteiger partial charge in [0.25, 0.3) is 0 Å². The molecule has 0 aliphatic rings. The quantitative estimate of drug-likeness (QED) is 0.520. The Bertz CT molecular complexity index is 210. The van der Waals surface area contributed by atoms with Gasteiger partial charge in [-0.15, -0.1) is 11.8 Å². The van der Waals surface area contributed by atoms with Crippen molar-refractivity contribution in [1.82, 2.24) is 0 Å². The van der Waals surface area contributed by atoms with Gasteiger partial charge in [-0.25, -0.2) is 0 Å². The largest absolute Gasteiger partial charge is 0.396 e. The van der Waals surface area contributed by atoms with Crippen LogP contribution in [0, 0.1) is 0 Å². The third-order valence-electron chi connectivity index (χ3n) is 1.24. The highest BCUT2D eigenvalue weighted by molar-refractivity contribution is 7.99. The van der Waals surface area contributed by atoms with Gasteiger partial charge in [-0.05, 0) is 12.1 Å². The van der Waals surface area contributed by atoms with E-state index in [4.69, 9.17) is 13.0 Å². The highest BCUT2D eigenvalue weighted by atomic mass is 32.2. The molecule has 0 saturated heterocycles. The van der Waals surface area contributed by atoms with E-state index in [2.05, 4.69) is 0 Å². The summed E-state index contributed by atoms with van der Waals surface area (Å²) in [6.45, 7) is 0.217. The van der Waals surface area contributed by atoms with E-state index in [0.717, 1.165) is 16.1 Å². The summed E-state index contributed by atoms with van der Waals surface area (Å²) in [4.78, 5) is 1.15. The molecule has 1 aromatic rings. The fourth-order valence-electron chi connectivity index (χ4n) is 0.728. The fourth-order valence-corrected chi connectivity index (χ4v) is 1.38. The first-order valence-electron chi connectivity index (χ1n) is 3.42. The van der Waals surface area contributed by atoms with Gasteiger partial charge >= 0.3 is 0 Å². The molecule has 0 amide bonds. The summed E-state index contributed by atoms with van der Waals surface area (Å²) in [6.07, 6.45) is 0. The standard InChI is InChI=1S/C8H9BOS/c9-7-1-3-8(4-2-7)11-6-5-10/h1-4,10H,5-6H2. The summed E-state index contributed by atoms with van der Waals surface area (Å²) in [6, 6.07) is 7.63. The Morgan fingerprint density at radius 2 is 1.91 bits per heavy atom. The third-order valence-corrected chi connectivity index (χ3v) is 2.23. The number of hydrogen-bond acceptors (Lipinski definition) is 2. The van der Waals surface area contributed by atoms with Crippen LogP contribution in [0.1, 0.15) is 0 Å². The lowest BCUT2D eigenvalue weighted by molar-refractivity contribution is 0.322. The lowest BCUT2D eigenvalue weighted by Gasteiger charge is -1.98. The van der Waals surface area contributed by atoms with Crippen LogP contribution in [0.5, 0.6) is 0 Å². The maximum Gasteiger partial charge on any atom is 0.113 e. The van der Waals surface area contributed by atoms with Crippen LogP contribution in [0.2, 0.25) is 0 Å². The smallest absolute Gasteiger partial charge is 0.113 e. The molecule has 0 aliphatic heterocycles. The van der Waals surface area contributed by atoms with Gasteiger partial charge in [-0.3, -0.25) is 0 Å². The molecule has 3 heteroatoms. The molecule has 0 aliphatic carbocycles. The van der Waals surface area contributed by atoms with Gasteiger partial charge in [0.05, 0.1) is 6.61 Å². The molecule has 1 nitrogen and oxygen atoms in total. The van der Waals surface area contributed by atoms with Crippen LogP contribution in [0.25, 0.3) is 0 Å². The average Bonchev–Trinajstić information content (AvgIpc) is 2.04. The minimum atomic E-state index is 0.217. The van der Waals surface area contributed by atoms with Crippen LogP contribution >= 0.6 is 11.8 Å². The summed E-state index contributed by atoms with van der Waals surface area (Å²) in [5.41, 5.74) is 0.776. The Labute approximate surface area is 72.2 Å². The van der Waals surface area contributed by atoms with Crippen molar-refractivity contribution in [2.75, 3.05) is 12.4 Å². The van der Waals surface area contributed by atoms with E-state index < -0.39 is 0 Å². The van der Waals surface area contributed by atoms with E-state index in [1.54, 1.807) is 11.8 Å². The molecule has 0 fully saturated rings. The van der Waals surface area contributed by atoms with Crippen molar-refractivity contribution < 1.29 is 5.11 Å². The maximum absolute atomic E-state index is 8.54. The first-order valence-corrected chi connectivity index (χ1v) is 4.40. The topological polar surface area (TPSA) is 20.2 Å². The lowest BCUT2D eigenvalue weighted by Crippen LogP contribution is -1.99. The molecule has 0 bridgehead atoms. The molecule has 0 heterocycles. The first-order chi connectivity index (χ1) is 5.33. The summed E-state index contributed by atoms with van der Waals surface area (Å²) in [5, 5.41) is 8.54. The lowest BCUT2D eigenvalue weighted by atomic mass is 9.97. The summed E-state index contributed by atoms with van der Waals surface area (Å²) < 4.78 is 0. The third kappa shape index (κ3) is 2.99. The zero-order valence-electron chi connectivity index (χ0n) is 6.16. The average molecular weight is 164 g/mol. The normalized spacial score (nSPS) is 9.91. The highest BCUT2D eigenvalue weighted by Gasteiger charge is 1.90. The van der Waals surface area contributed by atoms with Crippen LogP contribution in [-0.4, -0.2) is 25.3 Å².